The zero-order valence-corrected chi connectivity index (χ0v) is 16.0. The number of furan rings is 1. The smallest absolute Gasteiger partial charge is 0.273 e. The SMILES string of the molecule is CCN(CC)C(C)c1c(C)[nH]c(/C=C2/C(=O)NN=C2c2ccco2)c1C. The number of hydrogen-bond acceptors (Lipinski definition) is 4. The average Bonchev–Trinajstić information content (AvgIpc) is 3.31. The van der Waals surface area contributed by atoms with Gasteiger partial charge in [0.1, 0.15) is 5.71 Å². The van der Waals surface area contributed by atoms with Gasteiger partial charge in [-0.1, -0.05) is 13.8 Å². The number of carbonyl (C=O) groups is 1. The summed E-state index contributed by atoms with van der Waals surface area (Å²) in [6.45, 7) is 12.8. The molecule has 1 amide bonds. The number of H-pyrrole nitrogens is 1. The van der Waals surface area contributed by atoms with E-state index in [1.54, 1.807) is 18.4 Å². The molecule has 1 aliphatic heterocycles. The molecule has 0 radical (unpaired) electrons. The summed E-state index contributed by atoms with van der Waals surface area (Å²) < 4.78 is 5.41. The second-order valence-electron chi connectivity index (χ2n) is 6.54. The van der Waals surface area contributed by atoms with Crippen LogP contribution in [0.1, 0.15) is 55.1 Å². The summed E-state index contributed by atoms with van der Waals surface area (Å²) in [6, 6.07) is 3.89. The number of aromatic nitrogens is 1. The van der Waals surface area contributed by atoms with Crippen molar-refractivity contribution in [2.45, 2.75) is 40.7 Å². The predicted octanol–water partition coefficient (Wildman–Crippen LogP) is 3.54. The highest BCUT2D eigenvalue weighted by Crippen LogP contribution is 2.30. The number of hydrazone groups is 1. The van der Waals surface area contributed by atoms with E-state index in [2.05, 4.69) is 55.0 Å². The molecule has 2 aromatic rings. The molecule has 0 fully saturated rings. The highest BCUT2D eigenvalue weighted by Gasteiger charge is 2.27. The van der Waals surface area contributed by atoms with E-state index in [9.17, 15) is 4.79 Å². The number of aryl methyl sites for hydroxylation is 1. The Labute approximate surface area is 154 Å². The second-order valence-corrected chi connectivity index (χ2v) is 6.54. The lowest BCUT2D eigenvalue weighted by Gasteiger charge is -2.27. The number of aromatic amines is 1. The molecule has 0 aromatic carbocycles. The van der Waals surface area contributed by atoms with E-state index in [-0.39, 0.29) is 5.91 Å². The number of amides is 1. The Bertz CT molecular complexity index is 855. The topological polar surface area (TPSA) is 73.6 Å². The van der Waals surface area contributed by atoms with Gasteiger partial charge < -0.3 is 9.40 Å². The molecular weight excluding hydrogens is 328 g/mol. The van der Waals surface area contributed by atoms with Crippen LogP contribution in [0.4, 0.5) is 0 Å². The molecule has 138 valence electrons. The third kappa shape index (κ3) is 3.12. The molecule has 2 aromatic heterocycles. The van der Waals surface area contributed by atoms with Crippen molar-refractivity contribution in [1.82, 2.24) is 15.3 Å². The second kappa shape index (κ2) is 7.33. The maximum atomic E-state index is 12.3. The molecule has 6 heteroatoms. The van der Waals surface area contributed by atoms with Gasteiger partial charge in [-0.05, 0) is 63.2 Å². The van der Waals surface area contributed by atoms with Gasteiger partial charge in [0.25, 0.3) is 5.91 Å². The fraction of sp³-hybridized carbons (Fsp3) is 0.400. The Morgan fingerprint density at radius 3 is 2.65 bits per heavy atom. The Morgan fingerprint density at radius 1 is 1.31 bits per heavy atom. The first kappa shape index (κ1) is 18.2. The van der Waals surface area contributed by atoms with Crippen molar-refractivity contribution in [3.8, 4) is 0 Å². The maximum Gasteiger partial charge on any atom is 0.273 e. The highest BCUT2D eigenvalue weighted by atomic mass is 16.3. The van der Waals surface area contributed by atoms with Crippen LogP contribution in [0.25, 0.3) is 6.08 Å². The number of nitrogens with zero attached hydrogens (tertiary/aromatic N) is 2. The number of carbonyl (C=O) groups excluding carboxylic acids is 1. The molecule has 0 aliphatic carbocycles. The normalized spacial score (nSPS) is 17.1. The van der Waals surface area contributed by atoms with Gasteiger partial charge in [-0.2, -0.15) is 5.10 Å². The summed E-state index contributed by atoms with van der Waals surface area (Å²) in [6.07, 6.45) is 3.44. The Balaban J connectivity index is 2.00. The average molecular weight is 354 g/mol. The van der Waals surface area contributed by atoms with E-state index in [0.29, 0.717) is 23.1 Å². The lowest BCUT2D eigenvalue weighted by molar-refractivity contribution is -0.116. The van der Waals surface area contributed by atoms with Crippen LogP contribution in [-0.4, -0.2) is 34.6 Å². The van der Waals surface area contributed by atoms with Gasteiger partial charge in [0.2, 0.25) is 0 Å². The highest BCUT2D eigenvalue weighted by molar-refractivity contribution is 6.32. The minimum absolute atomic E-state index is 0.221. The first-order chi connectivity index (χ1) is 12.5. The van der Waals surface area contributed by atoms with Crippen LogP contribution in [0.5, 0.6) is 0 Å². The molecule has 26 heavy (non-hydrogen) atoms. The minimum Gasteiger partial charge on any atom is -0.463 e. The lowest BCUT2D eigenvalue weighted by atomic mass is 10.0. The molecule has 1 unspecified atom stereocenters. The maximum absolute atomic E-state index is 12.3. The first-order valence-corrected chi connectivity index (χ1v) is 9.04. The van der Waals surface area contributed by atoms with E-state index in [0.717, 1.165) is 30.0 Å². The van der Waals surface area contributed by atoms with Crippen molar-refractivity contribution in [3.05, 3.63) is 52.2 Å². The van der Waals surface area contributed by atoms with Gasteiger partial charge in [0.15, 0.2) is 5.76 Å². The largest absolute Gasteiger partial charge is 0.463 e. The Hall–Kier alpha value is -2.60. The van der Waals surface area contributed by atoms with Crippen molar-refractivity contribution in [1.29, 1.82) is 0 Å². The van der Waals surface area contributed by atoms with Gasteiger partial charge in [0.05, 0.1) is 11.8 Å². The van der Waals surface area contributed by atoms with Crippen molar-refractivity contribution in [3.63, 3.8) is 0 Å². The summed E-state index contributed by atoms with van der Waals surface area (Å²) in [5.74, 6) is 0.355. The molecule has 0 saturated heterocycles. The monoisotopic (exact) mass is 354 g/mol. The summed E-state index contributed by atoms with van der Waals surface area (Å²) in [7, 11) is 0. The molecule has 3 heterocycles. The van der Waals surface area contributed by atoms with Gasteiger partial charge in [-0.3, -0.25) is 9.69 Å². The summed E-state index contributed by atoms with van der Waals surface area (Å²) in [4.78, 5) is 18.1. The fourth-order valence-corrected chi connectivity index (χ4v) is 3.73. The van der Waals surface area contributed by atoms with Crippen molar-refractivity contribution in [2.75, 3.05) is 13.1 Å². The van der Waals surface area contributed by atoms with E-state index in [1.807, 2.05) is 6.08 Å². The lowest BCUT2D eigenvalue weighted by Crippen LogP contribution is -2.27. The molecule has 0 saturated carbocycles. The van der Waals surface area contributed by atoms with E-state index in [1.165, 1.54) is 5.56 Å². The van der Waals surface area contributed by atoms with E-state index in [4.69, 9.17) is 4.42 Å². The van der Waals surface area contributed by atoms with Crippen LogP contribution in [0, 0.1) is 13.8 Å². The summed E-state index contributed by atoms with van der Waals surface area (Å²) in [5, 5.41) is 4.12. The zero-order chi connectivity index (χ0) is 18.8. The van der Waals surface area contributed by atoms with Gasteiger partial charge in [-0.15, -0.1) is 0 Å². The standard InChI is InChI=1S/C20H26N4O2/c1-6-24(7-2)14(5)18-12(3)16(21-13(18)4)11-15-19(22-23-20(15)25)17-9-8-10-26-17/h8-11,14,21H,6-7H2,1-5H3,(H,23,25)/b15-11+. The number of rotatable bonds is 6. The van der Waals surface area contributed by atoms with Crippen LogP contribution in [0.15, 0.2) is 33.5 Å². The molecule has 0 spiro atoms. The van der Waals surface area contributed by atoms with E-state index >= 15 is 0 Å². The van der Waals surface area contributed by atoms with Gasteiger partial charge in [-0.25, -0.2) is 5.43 Å². The van der Waals surface area contributed by atoms with Crippen molar-refractivity contribution in [2.24, 2.45) is 5.10 Å². The Morgan fingerprint density at radius 2 is 2.04 bits per heavy atom. The number of hydrogen-bond donors (Lipinski definition) is 2. The van der Waals surface area contributed by atoms with Crippen molar-refractivity contribution < 1.29 is 9.21 Å². The quantitative estimate of drug-likeness (QED) is 0.779. The number of nitrogens with one attached hydrogen (secondary N) is 2. The van der Waals surface area contributed by atoms with Gasteiger partial charge in [0, 0.05) is 17.4 Å². The summed E-state index contributed by atoms with van der Waals surface area (Å²) in [5.41, 5.74) is 8.07. The zero-order valence-electron chi connectivity index (χ0n) is 16.0. The third-order valence-corrected chi connectivity index (χ3v) is 5.12. The molecular formula is C20H26N4O2. The van der Waals surface area contributed by atoms with Crippen molar-refractivity contribution >= 4 is 17.7 Å². The van der Waals surface area contributed by atoms with Crippen LogP contribution in [-0.2, 0) is 4.79 Å². The van der Waals surface area contributed by atoms with Crippen LogP contribution < -0.4 is 5.43 Å². The van der Waals surface area contributed by atoms with Gasteiger partial charge >= 0.3 is 0 Å². The van der Waals surface area contributed by atoms with E-state index < -0.39 is 0 Å². The van der Waals surface area contributed by atoms with Crippen LogP contribution in [0.2, 0.25) is 0 Å². The minimum atomic E-state index is -0.221. The molecule has 2 N–H and O–H groups in total. The summed E-state index contributed by atoms with van der Waals surface area (Å²) >= 11 is 0. The molecule has 0 bridgehead atoms. The third-order valence-electron chi connectivity index (χ3n) is 5.12. The predicted molar refractivity (Wildman–Crippen MR) is 103 cm³/mol. The molecule has 3 rings (SSSR count). The molecule has 6 nitrogen and oxygen atoms in total. The first-order valence-electron chi connectivity index (χ1n) is 9.04. The Kier molecular flexibility index (Phi) is 5.13. The molecule has 1 aliphatic rings. The van der Waals surface area contributed by atoms with Crippen LogP contribution >= 0.6 is 0 Å². The van der Waals surface area contributed by atoms with Crippen LogP contribution in [0.3, 0.4) is 0 Å². The fourth-order valence-electron chi connectivity index (χ4n) is 3.73. The molecule has 1 atom stereocenters.